The lowest BCUT2D eigenvalue weighted by Gasteiger charge is -2.39. The van der Waals surface area contributed by atoms with Crippen LogP contribution < -0.4 is 5.73 Å². The van der Waals surface area contributed by atoms with Gasteiger partial charge in [-0.25, -0.2) is 0 Å². The maximum absolute atomic E-state index is 6.78. The van der Waals surface area contributed by atoms with E-state index in [0.29, 0.717) is 0 Å². The Labute approximate surface area is 118 Å². The van der Waals surface area contributed by atoms with Crippen LogP contribution in [0.15, 0.2) is 18.2 Å². The first-order valence-corrected chi connectivity index (χ1v) is 7.77. The Hall–Kier alpha value is -0.820. The molecule has 1 saturated carbocycles. The molecule has 0 amide bonds. The van der Waals surface area contributed by atoms with Crippen molar-refractivity contribution in [1.29, 1.82) is 0 Å². The molecule has 2 atom stereocenters. The molecule has 19 heavy (non-hydrogen) atoms. The minimum atomic E-state index is -0.0887. The highest BCUT2D eigenvalue weighted by molar-refractivity contribution is 5.33. The Kier molecular flexibility index (Phi) is 4.35. The maximum atomic E-state index is 6.78. The van der Waals surface area contributed by atoms with Crippen LogP contribution in [0.3, 0.4) is 0 Å². The number of hydrogen-bond donors (Lipinski definition) is 1. The van der Waals surface area contributed by atoms with Crippen molar-refractivity contribution in [2.75, 3.05) is 0 Å². The predicted octanol–water partition coefficient (Wildman–Crippen LogP) is 4.69. The van der Waals surface area contributed by atoms with Gasteiger partial charge in [0.15, 0.2) is 0 Å². The van der Waals surface area contributed by atoms with Gasteiger partial charge < -0.3 is 5.73 Å². The molecule has 2 unspecified atom stereocenters. The first-order chi connectivity index (χ1) is 8.89. The molecule has 1 fully saturated rings. The summed E-state index contributed by atoms with van der Waals surface area (Å²) < 4.78 is 0. The molecular weight excluding hydrogens is 230 g/mol. The van der Waals surface area contributed by atoms with Gasteiger partial charge in [0.05, 0.1) is 0 Å². The second-order valence-electron chi connectivity index (χ2n) is 7.12. The van der Waals surface area contributed by atoms with Gasteiger partial charge in [-0.2, -0.15) is 0 Å². The molecule has 106 valence electrons. The summed E-state index contributed by atoms with van der Waals surface area (Å²) in [6.45, 7) is 9.00. The highest BCUT2D eigenvalue weighted by Gasteiger charge is 2.34. The quantitative estimate of drug-likeness (QED) is 0.837. The van der Waals surface area contributed by atoms with E-state index in [1.54, 1.807) is 0 Å². The molecule has 0 aliphatic heterocycles. The summed E-state index contributed by atoms with van der Waals surface area (Å²) in [5, 5.41) is 0. The average Bonchev–Trinajstić information content (AvgIpc) is 2.26. The van der Waals surface area contributed by atoms with Gasteiger partial charge >= 0.3 is 0 Å². The summed E-state index contributed by atoms with van der Waals surface area (Å²) in [6.07, 6.45) is 6.27. The van der Waals surface area contributed by atoms with Crippen molar-refractivity contribution >= 4 is 0 Å². The molecule has 0 heterocycles. The van der Waals surface area contributed by atoms with E-state index >= 15 is 0 Å². The standard InChI is InChI=1S/C18H29N/c1-13(2)8-16-6-5-7-18(19,12-16)17-10-14(3)9-15(4)11-17/h9-11,13,16H,5-8,12,19H2,1-4H3. The molecule has 2 N–H and O–H groups in total. The van der Waals surface area contributed by atoms with Gasteiger partial charge in [0.2, 0.25) is 0 Å². The van der Waals surface area contributed by atoms with E-state index in [1.165, 1.54) is 36.0 Å². The van der Waals surface area contributed by atoms with Crippen LogP contribution in [-0.2, 0) is 5.54 Å². The molecule has 0 aromatic heterocycles. The third kappa shape index (κ3) is 3.60. The van der Waals surface area contributed by atoms with Gasteiger partial charge in [-0.15, -0.1) is 0 Å². The highest BCUT2D eigenvalue weighted by atomic mass is 14.8. The fraction of sp³-hybridized carbons (Fsp3) is 0.667. The Morgan fingerprint density at radius 2 is 1.84 bits per heavy atom. The number of benzene rings is 1. The molecule has 1 aliphatic carbocycles. The van der Waals surface area contributed by atoms with Crippen molar-refractivity contribution in [2.45, 2.75) is 65.3 Å². The largest absolute Gasteiger partial charge is 0.321 e. The third-order valence-corrected chi connectivity index (χ3v) is 4.49. The van der Waals surface area contributed by atoms with Crippen LogP contribution in [0.2, 0.25) is 0 Å². The van der Waals surface area contributed by atoms with Crippen molar-refractivity contribution in [3.8, 4) is 0 Å². The maximum Gasteiger partial charge on any atom is 0.0412 e. The fourth-order valence-corrected chi connectivity index (χ4v) is 3.82. The average molecular weight is 259 g/mol. The van der Waals surface area contributed by atoms with E-state index in [0.717, 1.165) is 24.7 Å². The van der Waals surface area contributed by atoms with Gasteiger partial charge in [0.1, 0.15) is 0 Å². The van der Waals surface area contributed by atoms with Crippen LogP contribution in [0.5, 0.6) is 0 Å². The highest BCUT2D eigenvalue weighted by Crippen LogP contribution is 2.40. The van der Waals surface area contributed by atoms with E-state index < -0.39 is 0 Å². The van der Waals surface area contributed by atoms with Crippen molar-refractivity contribution in [3.05, 3.63) is 34.9 Å². The second kappa shape index (κ2) is 5.66. The Morgan fingerprint density at radius 3 is 2.42 bits per heavy atom. The van der Waals surface area contributed by atoms with Crippen LogP contribution in [0.25, 0.3) is 0 Å². The van der Waals surface area contributed by atoms with Crippen LogP contribution in [0.1, 0.15) is 62.6 Å². The zero-order valence-corrected chi connectivity index (χ0v) is 13.0. The van der Waals surface area contributed by atoms with Crippen LogP contribution in [-0.4, -0.2) is 0 Å². The van der Waals surface area contributed by atoms with Crippen LogP contribution in [0, 0.1) is 25.7 Å². The summed E-state index contributed by atoms with van der Waals surface area (Å²) in [6, 6.07) is 6.83. The number of hydrogen-bond acceptors (Lipinski definition) is 1. The summed E-state index contributed by atoms with van der Waals surface area (Å²) in [7, 11) is 0. The Morgan fingerprint density at radius 1 is 1.21 bits per heavy atom. The van der Waals surface area contributed by atoms with Gasteiger partial charge in [0.25, 0.3) is 0 Å². The lowest BCUT2D eigenvalue weighted by molar-refractivity contribution is 0.202. The monoisotopic (exact) mass is 259 g/mol. The smallest absolute Gasteiger partial charge is 0.0412 e. The fourth-order valence-electron chi connectivity index (χ4n) is 3.82. The summed E-state index contributed by atoms with van der Waals surface area (Å²) in [4.78, 5) is 0. The van der Waals surface area contributed by atoms with Gasteiger partial charge in [0, 0.05) is 5.54 Å². The van der Waals surface area contributed by atoms with E-state index in [1.807, 2.05) is 0 Å². The molecule has 0 saturated heterocycles. The first kappa shape index (κ1) is 14.6. The number of rotatable bonds is 3. The van der Waals surface area contributed by atoms with Gasteiger partial charge in [-0.05, 0) is 50.5 Å². The summed E-state index contributed by atoms with van der Waals surface area (Å²) in [5.41, 5.74) is 10.7. The molecule has 0 bridgehead atoms. The zero-order valence-electron chi connectivity index (χ0n) is 13.0. The van der Waals surface area contributed by atoms with Crippen LogP contribution >= 0.6 is 0 Å². The minimum Gasteiger partial charge on any atom is -0.321 e. The predicted molar refractivity (Wildman–Crippen MR) is 83.2 cm³/mol. The van der Waals surface area contributed by atoms with E-state index in [4.69, 9.17) is 5.73 Å². The molecule has 1 aromatic rings. The third-order valence-electron chi connectivity index (χ3n) is 4.49. The number of nitrogens with two attached hydrogens (primary N) is 1. The normalized spacial score (nSPS) is 27.8. The molecule has 1 nitrogen and oxygen atoms in total. The SMILES string of the molecule is Cc1cc(C)cc(C2(N)CCCC(CC(C)C)C2)c1. The first-order valence-electron chi connectivity index (χ1n) is 7.77. The number of aryl methyl sites for hydroxylation is 2. The molecular formula is C18H29N. The lowest BCUT2D eigenvalue weighted by Crippen LogP contribution is -2.41. The Balaban J connectivity index is 2.21. The molecule has 0 radical (unpaired) electrons. The molecule has 1 aromatic carbocycles. The van der Waals surface area contributed by atoms with Crippen molar-refractivity contribution in [2.24, 2.45) is 17.6 Å². The molecule has 2 rings (SSSR count). The topological polar surface area (TPSA) is 26.0 Å². The molecule has 1 heteroatoms. The second-order valence-corrected chi connectivity index (χ2v) is 7.12. The van der Waals surface area contributed by atoms with Crippen molar-refractivity contribution < 1.29 is 0 Å². The Bertz CT molecular complexity index is 415. The van der Waals surface area contributed by atoms with Crippen molar-refractivity contribution in [3.63, 3.8) is 0 Å². The summed E-state index contributed by atoms with van der Waals surface area (Å²) >= 11 is 0. The minimum absolute atomic E-state index is 0.0887. The van der Waals surface area contributed by atoms with Crippen molar-refractivity contribution in [1.82, 2.24) is 0 Å². The molecule has 0 spiro atoms. The van der Waals surface area contributed by atoms with E-state index in [9.17, 15) is 0 Å². The summed E-state index contributed by atoms with van der Waals surface area (Å²) in [5.74, 6) is 1.59. The van der Waals surface area contributed by atoms with Gasteiger partial charge in [-0.3, -0.25) is 0 Å². The zero-order chi connectivity index (χ0) is 14.0. The van der Waals surface area contributed by atoms with Crippen LogP contribution in [0.4, 0.5) is 0 Å². The van der Waals surface area contributed by atoms with E-state index in [2.05, 4.69) is 45.9 Å². The van der Waals surface area contributed by atoms with E-state index in [-0.39, 0.29) is 5.54 Å². The van der Waals surface area contributed by atoms with Gasteiger partial charge in [-0.1, -0.05) is 56.0 Å². The lowest BCUT2D eigenvalue weighted by atomic mass is 9.70. The molecule has 1 aliphatic rings.